The van der Waals surface area contributed by atoms with Crippen LogP contribution in [-0.2, 0) is 23.6 Å². The summed E-state index contributed by atoms with van der Waals surface area (Å²) in [5.41, 5.74) is 1.12. The smallest absolute Gasteiger partial charge is 0.242 e. The second kappa shape index (κ2) is 6.50. The highest BCUT2D eigenvalue weighted by Gasteiger charge is 2.33. The third-order valence-electron chi connectivity index (χ3n) is 4.80. The number of sulfonamides is 1. The lowest BCUT2D eigenvalue weighted by Crippen LogP contribution is -2.35. The number of nitrogens with zero attached hydrogens (tertiary/aromatic N) is 1. The quantitative estimate of drug-likeness (QED) is 0.809. The minimum atomic E-state index is -3.41. The molecule has 1 heterocycles. The first-order chi connectivity index (χ1) is 9.92. The Morgan fingerprint density at radius 3 is 2.57 bits per heavy atom. The van der Waals surface area contributed by atoms with E-state index in [4.69, 9.17) is 0 Å². The Bertz CT molecular complexity index is 572. The van der Waals surface area contributed by atoms with Gasteiger partial charge in [0.1, 0.15) is 0 Å². The summed E-state index contributed by atoms with van der Waals surface area (Å²) in [6.07, 6.45) is 7.41. The molecule has 21 heavy (non-hydrogen) atoms. The zero-order valence-electron chi connectivity index (χ0n) is 13.3. The van der Waals surface area contributed by atoms with Crippen LogP contribution in [-0.4, -0.2) is 26.6 Å². The van der Waals surface area contributed by atoms with Crippen LogP contribution in [0.3, 0.4) is 0 Å². The number of aromatic nitrogens is 1. The molecule has 0 unspecified atom stereocenters. The average Bonchev–Trinajstić information content (AvgIpc) is 3.06. The Hall–Kier alpha value is -0.850. The van der Waals surface area contributed by atoms with Gasteiger partial charge in [-0.3, -0.25) is 0 Å². The Morgan fingerprint density at radius 1 is 1.33 bits per heavy atom. The fraction of sp³-hybridized carbons (Fsp3) is 0.733. The van der Waals surface area contributed by atoms with E-state index in [1.165, 1.54) is 12.8 Å². The van der Waals surface area contributed by atoms with Crippen LogP contribution in [0.4, 0.5) is 0 Å². The van der Waals surface area contributed by atoms with Gasteiger partial charge in [-0.2, -0.15) is 0 Å². The molecule has 0 aliphatic heterocycles. The molecule has 1 fully saturated rings. The molecule has 0 spiro atoms. The summed E-state index contributed by atoms with van der Waals surface area (Å²) >= 11 is 0. The molecule has 0 atom stereocenters. The van der Waals surface area contributed by atoms with E-state index in [2.05, 4.69) is 17.0 Å². The van der Waals surface area contributed by atoms with Gasteiger partial charge >= 0.3 is 0 Å². The topological polar surface area (TPSA) is 63.1 Å². The van der Waals surface area contributed by atoms with Crippen molar-refractivity contribution < 1.29 is 8.42 Å². The van der Waals surface area contributed by atoms with Crippen molar-refractivity contribution in [3.63, 3.8) is 0 Å². The van der Waals surface area contributed by atoms with Crippen molar-refractivity contribution in [3.05, 3.63) is 18.0 Å². The lowest BCUT2D eigenvalue weighted by atomic mass is 9.84. The molecule has 1 aromatic heterocycles. The van der Waals surface area contributed by atoms with Crippen molar-refractivity contribution in [2.45, 2.75) is 50.5 Å². The van der Waals surface area contributed by atoms with Gasteiger partial charge in [0, 0.05) is 32.0 Å². The van der Waals surface area contributed by atoms with Crippen LogP contribution >= 0.6 is 0 Å². The summed E-state index contributed by atoms with van der Waals surface area (Å²) in [6, 6.07) is 1.74. The maximum Gasteiger partial charge on any atom is 0.242 e. The number of hydrogen-bond acceptors (Lipinski definition) is 3. The Kier molecular flexibility index (Phi) is 5.11. The zero-order valence-corrected chi connectivity index (χ0v) is 14.1. The highest BCUT2D eigenvalue weighted by atomic mass is 32.2. The summed E-state index contributed by atoms with van der Waals surface area (Å²) in [7, 11) is 0.308. The number of rotatable bonds is 7. The van der Waals surface area contributed by atoms with E-state index in [0.717, 1.165) is 25.0 Å². The molecule has 6 heteroatoms. The van der Waals surface area contributed by atoms with E-state index in [0.29, 0.717) is 18.0 Å². The van der Waals surface area contributed by atoms with E-state index < -0.39 is 10.0 Å². The van der Waals surface area contributed by atoms with Crippen LogP contribution in [0.2, 0.25) is 0 Å². The molecule has 5 nitrogen and oxygen atoms in total. The van der Waals surface area contributed by atoms with E-state index in [-0.39, 0.29) is 5.41 Å². The molecular weight excluding hydrogens is 286 g/mol. The Morgan fingerprint density at radius 2 is 2.00 bits per heavy atom. The second-order valence-corrected chi connectivity index (χ2v) is 7.96. The molecule has 2 N–H and O–H groups in total. The van der Waals surface area contributed by atoms with Crippen molar-refractivity contribution in [2.24, 2.45) is 12.5 Å². The van der Waals surface area contributed by atoms with Gasteiger partial charge in [0.2, 0.25) is 10.0 Å². The standard InChI is InChI=1S/C15H27N3O2S/c1-4-15(7-5-6-8-15)12-17-21(19,20)14-9-13(10-16-2)18(3)11-14/h9,11,16-17H,4-8,10,12H2,1-3H3. The predicted molar refractivity (Wildman–Crippen MR) is 84.6 cm³/mol. The van der Waals surface area contributed by atoms with E-state index in [1.54, 1.807) is 12.3 Å². The lowest BCUT2D eigenvalue weighted by molar-refractivity contribution is 0.285. The molecular formula is C15H27N3O2S. The summed E-state index contributed by atoms with van der Waals surface area (Å²) in [6.45, 7) is 3.38. The van der Waals surface area contributed by atoms with Crippen LogP contribution in [0, 0.1) is 5.41 Å². The second-order valence-electron chi connectivity index (χ2n) is 6.19. The van der Waals surface area contributed by atoms with Crippen molar-refractivity contribution in [2.75, 3.05) is 13.6 Å². The van der Waals surface area contributed by atoms with Crippen LogP contribution in [0.5, 0.6) is 0 Å². The number of nitrogens with one attached hydrogen (secondary N) is 2. The summed E-state index contributed by atoms with van der Waals surface area (Å²) in [5.74, 6) is 0. The minimum Gasteiger partial charge on any atom is -0.352 e. The molecule has 2 rings (SSSR count). The van der Waals surface area contributed by atoms with E-state index in [9.17, 15) is 8.42 Å². The molecule has 1 saturated carbocycles. The van der Waals surface area contributed by atoms with Gasteiger partial charge in [0.15, 0.2) is 0 Å². The first-order valence-electron chi connectivity index (χ1n) is 7.72. The van der Waals surface area contributed by atoms with Gasteiger partial charge in [0.05, 0.1) is 4.90 Å². The van der Waals surface area contributed by atoms with E-state index >= 15 is 0 Å². The number of hydrogen-bond donors (Lipinski definition) is 2. The van der Waals surface area contributed by atoms with Gasteiger partial charge in [0.25, 0.3) is 0 Å². The molecule has 120 valence electrons. The molecule has 1 aromatic rings. The largest absolute Gasteiger partial charge is 0.352 e. The minimum absolute atomic E-state index is 0.162. The highest BCUT2D eigenvalue weighted by Crippen LogP contribution is 2.40. The average molecular weight is 313 g/mol. The molecule has 0 radical (unpaired) electrons. The van der Waals surface area contributed by atoms with Crippen LogP contribution < -0.4 is 10.0 Å². The van der Waals surface area contributed by atoms with E-state index in [1.807, 2.05) is 18.7 Å². The molecule has 0 bridgehead atoms. The van der Waals surface area contributed by atoms with Crippen molar-refractivity contribution in [1.29, 1.82) is 0 Å². The zero-order chi connectivity index (χ0) is 15.5. The van der Waals surface area contributed by atoms with Gasteiger partial charge in [-0.05, 0) is 37.8 Å². The Balaban J connectivity index is 2.09. The van der Waals surface area contributed by atoms with Gasteiger partial charge in [-0.15, -0.1) is 0 Å². The van der Waals surface area contributed by atoms with Gasteiger partial charge < -0.3 is 9.88 Å². The van der Waals surface area contributed by atoms with Crippen LogP contribution in [0.25, 0.3) is 0 Å². The molecule has 0 aromatic carbocycles. The normalized spacial score (nSPS) is 18.2. The SMILES string of the molecule is CCC1(CNS(=O)(=O)c2cc(CNC)n(C)c2)CCCC1. The maximum atomic E-state index is 12.5. The maximum absolute atomic E-state index is 12.5. The monoisotopic (exact) mass is 313 g/mol. The van der Waals surface area contributed by atoms with Crippen molar-refractivity contribution >= 4 is 10.0 Å². The predicted octanol–water partition coefficient (Wildman–Crippen LogP) is 1.99. The Labute approximate surface area is 128 Å². The van der Waals surface area contributed by atoms with Crippen molar-refractivity contribution in [3.8, 4) is 0 Å². The van der Waals surface area contributed by atoms with Crippen LogP contribution in [0.1, 0.15) is 44.7 Å². The lowest BCUT2D eigenvalue weighted by Gasteiger charge is -2.27. The van der Waals surface area contributed by atoms with Gasteiger partial charge in [-0.25, -0.2) is 13.1 Å². The third kappa shape index (κ3) is 3.67. The van der Waals surface area contributed by atoms with Crippen molar-refractivity contribution in [1.82, 2.24) is 14.6 Å². The fourth-order valence-electron chi connectivity index (χ4n) is 3.19. The third-order valence-corrected chi connectivity index (χ3v) is 6.17. The van der Waals surface area contributed by atoms with Gasteiger partial charge in [-0.1, -0.05) is 19.8 Å². The number of aryl methyl sites for hydroxylation is 1. The molecule has 1 aliphatic carbocycles. The molecule has 0 saturated heterocycles. The summed E-state index contributed by atoms with van der Waals surface area (Å²) < 4.78 is 29.6. The first-order valence-corrected chi connectivity index (χ1v) is 9.20. The summed E-state index contributed by atoms with van der Waals surface area (Å²) in [4.78, 5) is 0.361. The molecule has 1 aliphatic rings. The van der Waals surface area contributed by atoms with Crippen LogP contribution in [0.15, 0.2) is 17.2 Å². The highest BCUT2D eigenvalue weighted by molar-refractivity contribution is 7.89. The first kappa shape index (κ1) is 16.5. The molecule has 0 amide bonds. The summed E-state index contributed by atoms with van der Waals surface area (Å²) in [5, 5.41) is 3.05. The fourth-order valence-corrected chi connectivity index (χ4v) is 4.44.